The van der Waals surface area contributed by atoms with Crippen molar-refractivity contribution in [2.75, 3.05) is 6.79 Å². The predicted molar refractivity (Wildman–Crippen MR) is 86.6 cm³/mol. The van der Waals surface area contributed by atoms with E-state index in [-0.39, 0.29) is 18.4 Å². The summed E-state index contributed by atoms with van der Waals surface area (Å²) in [6.45, 7) is 0.485. The number of fused-ring (bicyclic) bond motifs is 1. The Morgan fingerprint density at radius 2 is 1.85 bits per heavy atom. The maximum Gasteiger partial charge on any atom is 0.573 e. The van der Waals surface area contributed by atoms with Crippen molar-refractivity contribution >= 4 is 12.0 Å². The Kier molecular flexibility index (Phi) is 5.01. The van der Waals surface area contributed by atoms with Gasteiger partial charge >= 0.3 is 6.36 Å². The second-order valence-electron chi connectivity index (χ2n) is 5.36. The zero-order valence-corrected chi connectivity index (χ0v) is 13.4. The van der Waals surface area contributed by atoms with Gasteiger partial charge in [0.15, 0.2) is 11.5 Å². The highest BCUT2D eigenvalue weighted by atomic mass is 19.4. The molecule has 0 radical (unpaired) electrons. The summed E-state index contributed by atoms with van der Waals surface area (Å²) in [6, 6.07) is 10.6. The molecule has 0 bridgehead atoms. The predicted octanol–water partition coefficient (Wildman–Crippen LogP) is 3.64. The third-order valence-electron chi connectivity index (χ3n) is 3.44. The minimum Gasteiger partial charge on any atom is -0.454 e. The second-order valence-corrected chi connectivity index (χ2v) is 5.36. The van der Waals surface area contributed by atoms with Crippen LogP contribution in [0.15, 0.2) is 48.5 Å². The van der Waals surface area contributed by atoms with Crippen LogP contribution < -0.4 is 19.5 Å². The van der Waals surface area contributed by atoms with Crippen LogP contribution in [0.1, 0.15) is 11.1 Å². The van der Waals surface area contributed by atoms with E-state index in [9.17, 15) is 18.0 Å². The van der Waals surface area contributed by atoms with Crippen molar-refractivity contribution in [3.63, 3.8) is 0 Å². The Morgan fingerprint density at radius 3 is 2.58 bits per heavy atom. The lowest BCUT2D eigenvalue weighted by molar-refractivity contribution is -0.274. The molecule has 2 aromatic rings. The van der Waals surface area contributed by atoms with Gasteiger partial charge in [0.2, 0.25) is 12.7 Å². The van der Waals surface area contributed by atoms with E-state index in [4.69, 9.17) is 9.47 Å². The smallest absolute Gasteiger partial charge is 0.454 e. The van der Waals surface area contributed by atoms with E-state index in [2.05, 4.69) is 10.1 Å². The molecule has 2 aromatic carbocycles. The Morgan fingerprint density at radius 1 is 1.12 bits per heavy atom. The van der Waals surface area contributed by atoms with Crippen LogP contribution in [-0.2, 0) is 11.3 Å². The molecule has 1 amide bonds. The molecule has 0 fully saturated rings. The summed E-state index contributed by atoms with van der Waals surface area (Å²) in [7, 11) is 0. The topological polar surface area (TPSA) is 56.8 Å². The number of carbonyl (C=O) groups excluding carboxylic acids is 1. The summed E-state index contributed by atoms with van der Waals surface area (Å²) in [5.41, 5.74) is 1.42. The molecular formula is C18H14F3NO4. The number of ether oxygens (including phenoxy) is 3. The number of carbonyl (C=O) groups is 1. The third-order valence-corrected chi connectivity index (χ3v) is 3.44. The lowest BCUT2D eigenvalue weighted by atomic mass is 10.2. The minimum atomic E-state index is -4.73. The zero-order valence-electron chi connectivity index (χ0n) is 13.4. The van der Waals surface area contributed by atoms with Crippen LogP contribution in [0, 0.1) is 0 Å². The molecule has 0 aromatic heterocycles. The van der Waals surface area contributed by atoms with Crippen molar-refractivity contribution in [1.82, 2.24) is 5.32 Å². The number of halogens is 3. The van der Waals surface area contributed by atoms with Gasteiger partial charge in [-0.25, -0.2) is 0 Å². The molecule has 0 unspecified atom stereocenters. The van der Waals surface area contributed by atoms with Crippen LogP contribution in [0.25, 0.3) is 6.08 Å². The van der Waals surface area contributed by atoms with Crippen molar-refractivity contribution < 1.29 is 32.2 Å². The number of benzene rings is 2. The van der Waals surface area contributed by atoms with E-state index in [1.165, 1.54) is 36.4 Å². The van der Waals surface area contributed by atoms with Gasteiger partial charge in [-0.15, -0.1) is 13.2 Å². The van der Waals surface area contributed by atoms with Crippen molar-refractivity contribution in [1.29, 1.82) is 0 Å². The number of hydrogen-bond donors (Lipinski definition) is 1. The molecule has 0 saturated carbocycles. The molecule has 5 nitrogen and oxygen atoms in total. The Balaban J connectivity index is 1.51. The first-order valence-corrected chi connectivity index (χ1v) is 7.59. The molecule has 1 aliphatic heterocycles. The molecule has 136 valence electrons. The lowest BCUT2D eigenvalue weighted by Crippen LogP contribution is -2.20. The Hall–Kier alpha value is -3.16. The maximum atomic E-state index is 12.1. The van der Waals surface area contributed by atoms with E-state index in [0.29, 0.717) is 23.6 Å². The number of alkyl halides is 3. The highest BCUT2D eigenvalue weighted by Crippen LogP contribution is 2.32. The van der Waals surface area contributed by atoms with Crippen molar-refractivity contribution in [3.05, 3.63) is 59.7 Å². The molecule has 3 rings (SSSR count). The van der Waals surface area contributed by atoms with E-state index in [1.807, 2.05) is 6.07 Å². The molecule has 1 N–H and O–H groups in total. The summed E-state index contributed by atoms with van der Waals surface area (Å²) < 4.78 is 50.5. The van der Waals surface area contributed by atoms with E-state index in [1.54, 1.807) is 12.1 Å². The van der Waals surface area contributed by atoms with Gasteiger partial charge in [0.05, 0.1) is 0 Å². The lowest BCUT2D eigenvalue weighted by Gasteiger charge is -2.08. The summed E-state index contributed by atoms with van der Waals surface area (Å²) in [5, 5.41) is 2.71. The SMILES string of the molecule is O=C(/C=C/c1ccc(OC(F)(F)F)cc1)NCc1ccc2c(c1)OCO2. The standard InChI is InChI=1S/C18H14F3NO4/c19-18(20,21)26-14-5-1-12(2-6-14)4-8-17(23)22-10-13-3-7-15-16(9-13)25-11-24-15/h1-9H,10-11H2,(H,22,23)/b8-4+. The average Bonchev–Trinajstić information content (AvgIpc) is 3.05. The molecule has 8 heteroatoms. The van der Waals surface area contributed by atoms with Crippen LogP contribution in [0.3, 0.4) is 0 Å². The fraction of sp³-hybridized carbons (Fsp3) is 0.167. The summed E-state index contributed by atoms with van der Waals surface area (Å²) >= 11 is 0. The average molecular weight is 365 g/mol. The van der Waals surface area contributed by atoms with Crippen LogP contribution in [0.4, 0.5) is 13.2 Å². The van der Waals surface area contributed by atoms with Gasteiger partial charge in [-0.2, -0.15) is 0 Å². The number of rotatable bonds is 5. The van der Waals surface area contributed by atoms with E-state index >= 15 is 0 Å². The van der Waals surface area contributed by atoms with Gasteiger partial charge in [0.25, 0.3) is 0 Å². The molecule has 0 aliphatic carbocycles. The van der Waals surface area contributed by atoms with Gasteiger partial charge in [-0.1, -0.05) is 18.2 Å². The van der Waals surface area contributed by atoms with Gasteiger partial charge in [-0.3, -0.25) is 4.79 Å². The van der Waals surface area contributed by atoms with E-state index < -0.39 is 6.36 Å². The van der Waals surface area contributed by atoms with Gasteiger partial charge in [0, 0.05) is 12.6 Å². The Bertz CT molecular complexity index is 816. The summed E-state index contributed by atoms with van der Waals surface area (Å²) in [4.78, 5) is 11.9. The van der Waals surface area contributed by atoms with Crippen LogP contribution in [0.5, 0.6) is 17.2 Å². The van der Waals surface area contributed by atoms with Crippen molar-refractivity contribution in [2.24, 2.45) is 0 Å². The van der Waals surface area contributed by atoms with E-state index in [0.717, 1.165) is 5.56 Å². The summed E-state index contributed by atoms with van der Waals surface area (Å²) in [5.74, 6) is 0.645. The monoisotopic (exact) mass is 365 g/mol. The zero-order chi connectivity index (χ0) is 18.6. The first-order valence-electron chi connectivity index (χ1n) is 7.59. The summed E-state index contributed by atoms with van der Waals surface area (Å²) in [6.07, 6.45) is -1.94. The van der Waals surface area contributed by atoms with Gasteiger partial charge in [0.1, 0.15) is 5.75 Å². The molecule has 0 atom stereocenters. The Labute approximate surface area is 147 Å². The quantitative estimate of drug-likeness (QED) is 0.822. The number of hydrogen-bond acceptors (Lipinski definition) is 4. The normalized spacial score (nSPS) is 13.0. The fourth-order valence-electron chi connectivity index (χ4n) is 2.25. The van der Waals surface area contributed by atoms with Crippen molar-refractivity contribution in [2.45, 2.75) is 12.9 Å². The van der Waals surface area contributed by atoms with Gasteiger partial charge in [-0.05, 0) is 41.5 Å². The van der Waals surface area contributed by atoms with Crippen LogP contribution >= 0.6 is 0 Å². The van der Waals surface area contributed by atoms with Crippen LogP contribution in [0.2, 0.25) is 0 Å². The van der Waals surface area contributed by atoms with Crippen molar-refractivity contribution in [3.8, 4) is 17.2 Å². The maximum absolute atomic E-state index is 12.1. The second kappa shape index (κ2) is 7.38. The molecule has 1 aliphatic rings. The third kappa shape index (κ3) is 4.92. The largest absolute Gasteiger partial charge is 0.573 e. The molecule has 1 heterocycles. The van der Waals surface area contributed by atoms with Crippen LogP contribution in [-0.4, -0.2) is 19.1 Å². The highest BCUT2D eigenvalue weighted by molar-refractivity contribution is 5.91. The first kappa shape index (κ1) is 17.7. The molecule has 0 spiro atoms. The molecule has 0 saturated heterocycles. The molecule has 26 heavy (non-hydrogen) atoms. The first-order chi connectivity index (χ1) is 12.4. The highest BCUT2D eigenvalue weighted by Gasteiger charge is 2.30. The number of amides is 1. The molecular weight excluding hydrogens is 351 g/mol. The van der Waals surface area contributed by atoms with Gasteiger partial charge < -0.3 is 19.5 Å². The number of nitrogens with one attached hydrogen (secondary N) is 1. The minimum absolute atomic E-state index is 0.181. The fourth-order valence-corrected chi connectivity index (χ4v) is 2.25.